The van der Waals surface area contributed by atoms with E-state index < -0.39 is 0 Å². The van der Waals surface area contributed by atoms with Gasteiger partial charge in [-0.2, -0.15) is 0 Å². The summed E-state index contributed by atoms with van der Waals surface area (Å²) in [7, 11) is 0. The number of hydrogen-bond acceptors (Lipinski definition) is 3. The van der Waals surface area contributed by atoms with Crippen LogP contribution in [0.25, 0.3) is 0 Å². The van der Waals surface area contributed by atoms with Gasteiger partial charge in [-0.05, 0) is 23.3 Å². The summed E-state index contributed by atoms with van der Waals surface area (Å²) in [6.45, 7) is 4.24. The van der Waals surface area contributed by atoms with Crippen molar-refractivity contribution in [2.75, 3.05) is 18.4 Å². The van der Waals surface area contributed by atoms with Crippen LogP contribution >= 0.6 is 12.4 Å². The number of likely N-dealkylation sites (tertiary alicyclic amines) is 1. The van der Waals surface area contributed by atoms with Crippen LogP contribution in [-0.2, 0) is 11.3 Å². The Kier molecular flexibility index (Phi) is 6.37. The van der Waals surface area contributed by atoms with Gasteiger partial charge < -0.3 is 11.1 Å². The van der Waals surface area contributed by atoms with E-state index in [2.05, 4.69) is 40.5 Å². The number of anilines is 1. The standard InChI is InChI=1S/C19H23N3O.ClH/c1-14(23)21-17-9-5-6-15(10-17)11-22-12-18(19(20)13-22)16-7-3-2-4-8-16;/h2-10,18-19H,11-13,20H2,1H3,(H,21,23);1H/t18-,19+;/m0./s1. The molecule has 1 heterocycles. The van der Waals surface area contributed by atoms with Crippen LogP contribution in [-0.4, -0.2) is 29.9 Å². The van der Waals surface area contributed by atoms with Gasteiger partial charge in [0, 0.05) is 44.2 Å². The molecule has 1 fully saturated rings. The Hall–Kier alpha value is -1.88. The molecular formula is C19H24ClN3O. The van der Waals surface area contributed by atoms with E-state index >= 15 is 0 Å². The van der Waals surface area contributed by atoms with Gasteiger partial charge in [0.1, 0.15) is 0 Å². The zero-order chi connectivity index (χ0) is 16.2. The Morgan fingerprint density at radius 1 is 1.17 bits per heavy atom. The van der Waals surface area contributed by atoms with Crippen LogP contribution < -0.4 is 11.1 Å². The third-order valence-corrected chi connectivity index (χ3v) is 4.32. The SMILES string of the molecule is CC(=O)Nc1cccc(CN2C[C@@H](N)[C@H](c3ccccc3)C2)c1.Cl. The lowest BCUT2D eigenvalue weighted by atomic mass is 9.95. The molecule has 1 saturated heterocycles. The molecule has 1 aliphatic rings. The number of nitrogens with one attached hydrogen (secondary N) is 1. The summed E-state index contributed by atoms with van der Waals surface area (Å²) < 4.78 is 0. The maximum atomic E-state index is 11.2. The first kappa shape index (κ1) is 18.5. The lowest BCUT2D eigenvalue weighted by Crippen LogP contribution is -2.28. The number of carbonyl (C=O) groups excluding carboxylic acids is 1. The fourth-order valence-corrected chi connectivity index (χ4v) is 3.30. The largest absolute Gasteiger partial charge is 0.326 e. The van der Waals surface area contributed by atoms with Crippen molar-refractivity contribution in [2.45, 2.75) is 25.4 Å². The summed E-state index contributed by atoms with van der Waals surface area (Å²) >= 11 is 0. The molecule has 24 heavy (non-hydrogen) atoms. The van der Waals surface area contributed by atoms with Crippen LogP contribution in [0.4, 0.5) is 5.69 Å². The zero-order valence-electron chi connectivity index (χ0n) is 13.8. The smallest absolute Gasteiger partial charge is 0.221 e. The molecule has 128 valence electrons. The van der Waals surface area contributed by atoms with Crippen LogP contribution in [0.3, 0.4) is 0 Å². The first-order valence-electron chi connectivity index (χ1n) is 8.01. The molecule has 2 aromatic rings. The summed E-state index contributed by atoms with van der Waals surface area (Å²) in [6, 6.07) is 18.7. The van der Waals surface area contributed by atoms with Crippen LogP contribution in [0.1, 0.15) is 24.0 Å². The fraction of sp³-hybridized carbons (Fsp3) is 0.316. The van der Waals surface area contributed by atoms with Crippen LogP contribution in [0.15, 0.2) is 54.6 Å². The van der Waals surface area contributed by atoms with Gasteiger partial charge in [-0.25, -0.2) is 0 Å². The average Bonchev–Trinajstić information content (AvgIpc) is 2.88. The number of nitrogens with two attached hydrogens (primary N) is 1. The van der Waals surface area contributed by atoms with E-state index in [4.69, 9.17) is 5.73 Å². The normalized spacial score (nSPS) is 20.4. The highest BCUT2D eigenvalue weighted by atomic mass is 35.5. The second kappa shape index (κ2) is 8.29. The van der Waals surface area contributed by atoms with E-state index in [1.807, 2.05) is 24.3 Å². The highest BCUT2D eigenvalue weighted by molar-refractivity contribution is 5.88. The lowest BCUT2D eigenvalue weighted by molar-refractivity contribution is -0.114. The van der Waals surface area contributed by atoms with Gasteiger partial charge in [0.15, 0.2) is 0 Å². The molecule has 4 nitrogen and oxygen atoms in total. The van der Waals surface area contributed by atoms with Crippen molar-refractivity contribution < 1.29 is 4.79 Å². The van der Waals surface area contributed by atoms with Crippen molar-refractivity contribution in [1.82, 2.24) is 4.90 Å². The molecule has 3 rings (SSSR count). The van der Waals surface area contributed by atoms with E-state index in [9.17, 15) is 4.79 Å². The topological polar surface area (TPSA) is 58.4 Å². The number of halogens is 1. The van der Waals surface area contributed by atoms with Crippen molar-refractivity contribution in [3.63, 3.8) is 0 Å². The lowest BCUT2D eigenvalue weighted by Gasteiger charge is -2.16. The maximum absolute atomic E-state index is 11.2. The van der Waals surface area contributed by atoms with Crippen molar-refractivity contribution in [3.8, 4) is 0 Å². The van der Waals surface area contributed by atoms with E-state index in [0.717, 1.165) is 25.3 Å². The van der Waals surface area contributed by atoms with Crippen molar-refractivity contribution in [1.29, 1.82) is 0 Å². The monoisotopic (exact) mass is 345 g/mol. The van der Waals surface area contributed by atoms with Gasteiger partial charge in [0.25, 0.3) is 0 Å². The van der Waals surface area contributed by atoms with Gasteiger partial charge in [0.2, 0.25) is 5.91 Å². The highest BCUT2D eigenvalue weighted by Crippen LogP contribution is 2.27. The molecule has 0 aromatic heterocycles. The highest BCUT2D eigenvalue weighted by Gasteiger charge is 2.30. The molecule has 0 radical (unpaired) electrons. The minimum atomic E-state index is -0.0468. The molecule has 0 saturated carbocycles. The zero-order valence-corrected chi connectivity index (χ0v) is 14.6. The molecule has 0 bridgehead atoms. The Labute approximate surface area is 149 Å². The molecule has 0 aliphatic carbocycles. The summed E-state index contributed by atoms with van der Waals surface area (Å²) in [5, 5.41) is 2.83. The number of benzene rings is 2. The number of amides is 1. The number of nitrogens with zero attached hydrogens (tertiary/aromatic N) is 1. The quantitative estimate of drug-likeness (QED) is 0.895. The Morgan fingerprint density at radius 2 is 1.92 bits per heavy atom. The van der Waals surface area contributed by atoms with Gasteiger partial charge in [-0.1, -0.05) is 42.5 Å². The molecule has 0 unspecified atom stereocenters. The molecule has 0 spiro atoms. The maximum Gasteiger partial charge on any atom is 0.221 e. The molecule has 5 heteroatoms. The van der Waals surface area contributed by atoms with E-state index in [1.165, 1.54) is 18.1 Å². The van der Waals surface area contributed by atoms with E-state index in [1.54, 1.807) is 0 Å². The van der Waals surface area contributed by atoms with Gasteiger partial charge in [0.05, 0.1) is 0 Å². The van der Waals surface area contributed by atoms with Crippen molar-refractivity contribution >= 4 is 24.0 Å². The first-order valence-corrected chi connectivity index (χ1v) is 8.01. The number of carbonyl (C=O) groups is 1. The molecule has 2 atom stereocenters. The van der Waals surface area contributed by atoms with Gasteiger partial charge in [-0.15, -0.1) is 12.4 Å². The number of hydrogen-bond donors (Lipinski definition) is 2. The Balaban J connectivity index is 0.00000208. The predicted molar refractivity (Wildman–Crippen MR) is 100 cm³/mol. The van der Waals surface area contributed by atoms with Gasteiger partial charge in [-0.3, -0.25) is 9.69 Å². The van der Waals surface area contributed by atoms with E-state index in [0.29, 0.717) is 5.92 Å². The molecular weight excluding hydrogens is 322 g/mol. The summed E-state index contributed by atoms with van der Waals surface area (Å²) in [4.78, 5) is 13.6. The summed E-state index contributed by atoms with van der Waals surface area (Å²) in [5.74, 6) is 0.337. The Morgan fingerprint density at radius 3 is 2.62 bits per heavy atom. The van der Waals surface area contributed by atoms with E-state index in [-0.39, 0.29) is 24.4 Å². The van der Waals surface area contributed by atoms with Crippen LogP contribution in [0.5, 0.6) is 0 Å². The molecule has 2 aromatic carbocycles. The van der Waals surface area contributed by atoms with Crippen molar-refractivity contribution in [3.05, 3.63) is 65.7 Å². The minimum absolute atomic E-state index is 0. The summed E-state index contributed by atoms with van der Waals surface area (Å²) in [5.41, 5.74) is 9.70. The third-order valence-electron chi connectivity index (χ3n) is 4.32. The van der Waals surface area contributed by atoms with Crippen LogP contribution in [0.2, 0.25) is 0 Å². The first-order chi connectivity index (χ1) is 11.1. The van der Waals surface area contributed by atoms with Gasteiger partial charge >= 0.3 is 0 Å². The number of rotatable bonds is 4. The third kappa shape index (κ3) is 4.57. The molecule has 3 N–H and O–H groups in total. The minimum Gasteiger partial charge on any atom is -0.326 e. The second-order valence-electron chi connectivity index (χ2n) is 6.26. The predicted octanol–water partition coefficient (Wildman–Crippen LogP) is 2.99. The molecule has 1 aliphatic heterocycles. The second-order valence-corrected chi connectivity index (χ2v) is 6.26. The molecule has 1 amide bonds. The summed E-state index contributed by atoms with van der Waals surface area (Å²) in [6.07, 6.45) is 0. The van der Waals surface area contributed by atoms with Crippen LogP contribution in [0, 0.1) is 0 Å². The fourth-order valence-electron chi connectivity index (χ4n) is 3.30. The van der Waals surface area contributed by atoms with Crippen molar-refractivity contribution in [2.24, 2.45) is 5.73 Å². The average molecular weight is 346 g/mol. The Bertz CT molecular complexity index is 677.